The van der Waals surface area contributed by atoms with Gasteiger partial charge < -0.3 is 14.1 Å². The molecular formula is C23H25NO3. The Balaban J connectivity index is 1.53. The topological polar surface area (TPSA) is 42.7 Å². The summed E-state index contributed by atoms with van der Waals surface area (Å²) in [5.74, 6) is 0.993. The van der Waals surface area contributed by atoms with Crippen LogP contribution in [-0.4, -0.2) is 24.0 Å². The number of hydrogen-bond acceptors (Lipinski definition) is 3. The first-order valence-electron chi connectivity index (χ1n) is 9.45. The van der Waals surface area contributed by atoms with E-state index in [4.69, 9.17) is 9.15 Å². The number of nitrogens with zero attached hydrogens (tertiary/aromatic N) is 1. The molecule has 0 aliphatic heterocycles. The second-order valence-electron chi connectivity index (χ2n) is 7.42. The summed E-state index contributed by atoms with van der Waals surface area (Å²) in [6.45, 7) is 4.78. The molecule has 0 atom stereocenters. The smallest absolute Gasteiger partial charge is 0.227 e. The zero-order chi connectivity index (χ0) is 19.0. The van der Waals surface area contributed by atoms with Gasteiger partial charge in [-0.25, -0.2) is 0 Å². The van der Waals surface area contributed by atoms with Crippen LogP contribution in [0.2, 0.25) is 0 Å². The van der Waals surface area contributed by atoms with Crippen LogP contribution in [0.4, 0.5) is 0 Å². The third-order valence-electron chi connectivity index (χ3n) is 5.50. The van der Waals surface area contributed by atoms with Gasteiger partial charge in [0, 0.05) is 23.5 Å². The van der Waals surface area contributed by atoms with E-state index in [-0.39, 0.29) is 5.91 Å². The Kier molecular flexibility index (Phi) is 4.65. The van der Waals surface area contributed by atoms with Crippen molar-refractivity contribution in [1.29, 1.82) is 0 Å². The van der Waals surface area contributed by atoms with E-state index in [9.17, 15) is 4.79 Å². The minimum absolute atomic E-state index is 0.161. The number of ether oxygens (including phenoxy) is 1. The predicted octanol–water partition coefficient (Wildman–Crippen LogP) is 4.79. The summed E-state index contributed by atoms with van der Waals surface area (Å²) in [7, 11) is 1.66. The zero-order valence-corrected chi connectivity index (χ0v) is 16.1. The number of carbonyl (C=O) groups is 1. The molecule has 1 aromatic heterocycles. The van der Waals surface area contributed by atoms with Crippen molar-refractivity contribution in [2.45, 2.75) is 45.7 Å². The van der Waals surface area contributed by atoms with Crippen LogP contribution in [-0.2, 0) is 17.8 Å². The lowest BCUT2D eigenvalue weighted by Gasteiger charge is -2.22. The third-order valence-corrected chi connectivity index (χ3v) is 5.50. The van der Waals surface area contributed by atoms with Crippen LogP contribution in [0.15, 0.2) is 47.1 Å². The number of methoxy groups -OCH3 is 1. The van der Waals surface area contributed by atoms with E-state index >= 15 is 0 Å². The number of carbonyl (C=O) groups excluding carboxylic acids is 1. The van der Waals surface area contributed by atoms with Crippen molar-refractivity contribution in [3.05, 3.63) is 64.9 Å². The van der Waals surface area contributed by atoms with E-state index < -0.39 is 0 Å². The van der Waals surface area contributed by atoms with Gasteiger partial charge in [0.05, 0.1) is 19.8 Å². The van der Waals surface area contributed by atoms with Crippen molar-refractivity contribution in [2.24, 2.45) is 0 Å². The molecule has 27 heavy (non-hydrogen) atoms. The fourth-order valence-electron chi connectivity index (χ4n) is 3.52. The molecule has 1 aliphatic carbocycles. The predicted molar refractivity (Wildman–Crippen MR) is 106 cm³/mol. The summed E-state index contributed by atoms with van der Waals surface area (Å²) in [6, 6.07) is 12.5. The molecule has 1 saturated carbocycles. The number of benzene rings is 2. The van der Waals surface area contributed by atoms with Gasteiger partial charge in [-0.3, -0.25) is 4.79 Å². The van der Waals surface area contributed by atoms with Gasteiger partial charge in [-0.05, 0) is 55.5 Å². The Hall–Kier alpha value is -2.75. The van der Waals surface area contributed by atoms with Gasteiger partial charge in [0.25, 0.3) is 0 Å². The Morgan fingerprint density at radius 3 is 2.56 bits per heavy atom. The molecular weight excluding hydrogens is 338 g/mol. The number of amides is 1. The van der Waals surface area contributed by atoms with Gasteiger partial charge in [0.2, 0.25) is 5.91 Å². The van der Waals surface area contributed by atoms with Crippen LogP contribution < -0.4 is 4.74 Å². The molecule has 140 valence electrons. The van der Waals surface area contributed by atoms with E-state index in [1.54, 1.807) is 13.4 Å². The molecule has 4 nitrogen and oxygen atoms in total. The van der Waals surface area contributed by atoms with Crippen molar-refractivity contribution in [2.75, 3.05) is 7.11 Å². The Bertz CT molecular complexity index is 967. The van der Waals surface area contributed by atoms with Gasteiger partial charge >= 0.3 is 0 Å². The highest BCUT2D eigenvalue weighted by Crippen LogP contribution is 2.31. The molecule has 0 bridgehead atoms. The minimum Gasteiger partial charge on any atom is -0.497 e. The first kappa shape index (κ1) is 17.7. The normalized spacial score (nSPS) is 13.7. The highest BCUT2D eigenvalue weighted by molar-refractivity contribution is 5.89. The molecule has 1 heterocycles. The summed E-state index contributed by atoms with van der Waals surface area (Å²) in [5, 5.41) is 1.05. The van der Waals surface area contributed by atoms with Crippen LogP contribution in [0.1, 0.15) is 35.1 Å². The number of hydrogen-bond donors (Lipinski definition) is 0. The number of aryl methyl sites for hydroxylation is 2. The van der Waals surface area contributed by atoms with E-state index in [1.807, 2.05) is 29.2 Å². The molecule has 0 unspecified atom stereocenters. The maximum absolute atomic E-state index is 13.1. The molecule has 1 amide bonds. The quantitative estimate of drug-likeness (QED) is 0.632. The highest BCUT2D eigenvalue weighted by atomic mass is 16.5. The molecule has 4 rings (SSSR count). The maximum Gasteiger partial charge on any atom is 0.227 e. The molecule has 3 aromatic rings. The summed E-state index contributed by atoms with van der Waals surface area (Å²) < 4.78 is 11.0. The Labute approximate surface area is 159 Å². The third kappa shape index (κ3) is 3.57. The van der Waals surface area contributed by atoms with Crippen molar-refractivity contribution in [3.63, 3.8) is 0 Å². The lowest BCUT2D eigenvalue weighted by Crippen LogP contribution is -2.33. The van der Waals surface area contributed by atoms with E-state index in [0.717, 1.165) is 46.3 Å². The fourth-order valence-corrected chi connectivity index (χ4v) is 3.52. The van der Waals surface area contributed by atoms with Crippen molar-refractivity contribution < 1.29 is 13.9 Å². The van der Waals surface area contributed by atoms with Crippen LogP contribution in [0, 0.1) is 13.8 Å². The maximum atomic E-state index is 13.1. The Morgan fingerprint density at radius 1 is 1.15 bits per heavy atom. The monoisotopic (exact) mass is 363 g/mol. The van der Waals surface area contributed by atoms with Gasteiger partial charge in [-0.15, -0.1) is 0 Å². The molecule has 0 N–H and O–H groups in total. The lowest BCUT2D eigenvalue weighted by molar-refractivity contribution is -0.131. The van der Waals surface area contributed by atoms with Crippen molar-refractivity contribution in [3.8, 4) is 5.75 Å². The van der Waals surface area contributed by atoms with E-state index in [0.29, 0.717) is 19.0 Å². The second kappa shape index (κ2) is 7.10. The molecule has 1 aliphatic rings. The summed E-state index contributed by atoms with van der Waals surface area (Å²) >= 11 is 0. The summed E-state index contributed by atoms with van der Waals surface area (Å²) in [6.07, 6.45) is 4.30. The van der Waals surface area contributed by atoms with Crippen LogP contribution >= 0.6 is 0 Å². The van der Waals surface area contributed by atoms with Crippen LogP contribution in [0.5, 0.6) is 5.75 Å². The first-order valence-corrected chi connectivity index (χ1v) is 9.45. The molecule has 0 spiro atoms. The largest absolute Gasteiger partial charge is 0.497 e. The minimum atomic E-state index is 0.161. The number of fused-ring (bicyclic) bond motifs is 1. The first-order chi connectivity index (χ1) is 13.1. The fraction of sp³-hybridized carbons (Fsp3) is 0.348. The molecule has 0 saturated heterocycles. The van der Waals surface area contributed by atoms with Gasteiger partial charge in [-0.1, -0.05) is 24.3 Å². The van der Waals surface area contributed by atoms with Gasteiger partial charge in [-0.2, -0.15) is 0 Å². The standard InChI is InChI=1S/C23H25NO3/c1-15-4-11-21-18(14-27-23(21)16(15)2)12-22(25)24(19-7-8-19)13-17-5-9-20(26-3)10-6-17/h4-6,9-11,14,19H,7-8,12-13H2,1-3H3. The highest BCUT2D eigenvalue weighted by Gasteiger charge is 2.32. The van der Waals surface area contributed by atoms with Gasteiger partial charge in [0.15, 0.2) is 0 Å². The van der Waals surface area contributed by atoms with E-state index in [2.05, 4.69) is 26.0 Å². The number of rotatable bonds is 6. The average Bonchev–Trinajstić information content (AvgIpc) is 3.44. The van der Waals surface area contributed by atoms with Crippen LogP contribution in [0.3, 0.4) is 0 Å². The summed E-state index contributed by atoms with van der Waals surface area (Å²) in [5.41, 5.74) is 5.33. The molecule has 4 heteroatoms. The van der Waals surface area contributed by atoms with Crippen LogP contribution in [0.25, 0.3) is 11.0 Å². The van der Waals surface area contributed by atoms with Gasteiger partial charge in [0.1, 0.15) is 11.3 Å². The van der Waals surface area contributed by atoms with E-state index in [1.165, 1.54) is 5.56 Å². The second-order valence-corrected chi connectivity index (χ2v) is 7.42. The molecule has 2 aromatic carbocycles. The zero-order valence-electron chi connectivity index (χ0n) is 16.1. The van der Waals surface area contributed by atoms with Crippen molar-refractivity contribution in [1.82, 2.24) is 4.90 Å². The summed E-state index contributed by atoms with van der Waals surface area (Å²) in [4.78, 5) is 15.1. The lowest BCUT2D eigenvalue weighted by atomic mass is 10.0. The Morgan fingerprint density at radius 2 is 1.89 bits per heavy atom. The number of furan rings is 1. The average molecular weight is 363 g/mol. The SMILES string of the molecule is COc1ccc(CN(C(=O)Cc2coc3c(C)c(C)ccc23)C2CC2)cc1. The molecule has 1 fully saturated rings. The van der Waals surface area contributed by atoms with Crippen molar-refractivity contribution >= 4 is 16.9 Å². The molecule has 0 radical (unpaired) electrons.